The Labute approximate surface area is 194 Å². The highest BCUT2D eigenvalue weighted by atomic mass is 32.2. The second kappa shape index (κ2) is 10.1. The van der Waals surface area contributed by atoms with E-state index in [9.17, 15) is 21.6 Å². The van der Waals surface area contributed by atoms with Gasteiger partial charge in [0.2, 0.25) is 10.0 Å². The monoisotopic (exact) mass is 487 g/mol. The molecule has 3 N–H and O–H groups in total. The Morgan fingerprint density at radius 2 is 1.42 bits per heavy atom. The lowest BCUT2D eigenvalue weighted by Crippen LogP contribution is -2.17. The average Bonchev–Trinajstić information content (AvgIpc) is 2.75. The van der Waals surface area contributed by atoms with Gasteiger partial charge in [-0.05, 0) is 67.9 Å². The van der Waals surface area contributed by atoms with Crippen molar-refractivity contribution in [3.8, 4) is 0 Å². The molecule has 0 bridgehead atoms. The van der Waals surface area contributed by atoms with Crippen LogP contribution in [0.15, 0.2) is 77.7 Å². The summed E-state index contributed by atoms with van der Waals surface area (Å²) in [5.41, 5.74) is 2.34. The zero-order valence-corrected chi connectivity index (χ0v) is 19.8. The van der Waals surface area contributed by atoms with Crippen molar-refractivity contribution in [1.29, 1.82) is 0 Å². The van der Waals surface area contributed by atoms with Crippen LogP contribution >= 0.6 is 0 Å². The Bertz CT molecular complexity index is 1340. The normalized spacial score (nSPS) is 11.6. The molecule has 10 heteroatoms. The minimum atomic E-state index is -3.73. The van der Waals surface area contributed by atoms with E-state index in [4.69, 9.17) is 0 Å². The van der Waals surface area contributed by atoms with Crippen LogP contribution in [0.3, 0.4) is 0 Å². The second-order valence-electron chi connectivity index (χ2n) is 7.45. The number of benzene rings is 3. The molecule has 1 amide bonds. The van der Waals surface area contributed by atoms with Gasteiger partial charge in [-0.2, -0.15) is 0 Å². The highest BCUT2D eigenvalue weighted by Gasteiger charge is 2.14. The van der Waals surface area contributed by atoms with E-state index in [-0.39, 0.29) is 16.2 Å². The largest absolute Gasteiger partial charge is 0.322 e. The van der Waals surface area contributed by atoms with Gasteiger partial charge in [-0.3, -0.25) is 14.2 Å². The molecule has 33 heavy (non-hydrogen) atoms. The quantitative estimate of drug-likeness (QED) is 0.418. The summed E-state index contributed by atoms with van der Waals surface area (Å²) in [4.78, 5) is 12.7. The van der Waals surface area contributed by atoms with Crippen LogP contribution in [0.2, 0.25) is 0 Å². The zero-order valence-electron chi connectivity index (χ0n) is 18.2. The van der Waals surface area contributed by atoms with Crippen LogP contribution in [0.25, 0.3) is 0 Å². The molecule has 3 rings (SSSR count). The molecule has 0 unspecified atom stereocenters. The molecule has 3 aromatic carbocycles. The highest BCUT2D eigenvalue weighted by Crippen LogP contribution is 2.20. The van der Waals surface area contributed by atoms with E-state index in [1.165, 1.54) is 30.3 Å². The summed E-state index contributed by atoms with van der Waals surface area (Å²) in [6, 6.07) is 18.9. The van der Waals surface area contributed by atoms with Crippen LogP contribution in [-0.2, 0) is 20.0 Å². The van der Waals surface area contributed by atoms with Gasteiger partial charge in [0.05, 0.1) is 10.6 Å². The number of rotatable bonds is 9. The molecule has 0 aliphatic carbocycles. The maximum absolute atomic E-state index is 12.6. The van der Waals surface area contributed by atoms with E-state index in [1.54, 1.807) is 49.4 Å². The van der Waals surface area contributed by atoms with Crippen molar-refractivity contribution < 1.29 is 21.6 Å². The van der Waals surface area contributed by atoms with Gasteiger partial charge >= 0.3 is 0 Å². The number of aryl methyl sites for hydroxylation is 1. The van der Waals surface area contributed by atoms with Crippen molar-refractivity contribution in [1.82, 2.24) is 0 Å². The molecule has 0 aliphatic heterocycles. The molecule has 3 aromatic rings. The van der Waals surface area contributed by atoms with Gasteiger partial charge in [-0.15, -0.1) is 0 Å². The number of nitrogens with one attached hydrogen (secondary N) is 3. The Morgan fingerprint density at radius 3 is 2.06 bits per heavy atom. The first-order valence-electron chi connectivity index (χ1n) is 10.2. The van der Waals surface area contributed by atoms with Crippen LogP contribution in [-0.4, -0.2) is 28.5 Å². The Kier molecular flexibility index (Phi) is 7.39. The van der Waals surface area contributed by atoms with Crippen LogP contribution in [0.4, 0.5) is 17.1 Å². The highest BCUT2D eigenvalue weighted by molar-refractivity contribution is 7.93. The van der Waals surface area contributed by atoms with Crippen molar-refractivity contribution >= 4 is 43.0 Å². The van der Waals surface area contributed by atoms with Crippen LogP contribution in [0, 0.1) is 6.92 Å². The minimum absolute atomic E-state index is 0.0105. The van der Waals surface area contributed by atoms with Crippen molar-refractivity contribution in [3.63, 3.8) is 0 Å². The summed E-state index contributed by atoms with van der Waals surface area (Å²) in [6.45, 7) is 3.64. The molecule has 0 saturated heterocycles. The lowest BCUT2D eigenvalue weighted by Gasteiger charge is -2.11. The summed E-state index contributed by atoms with van der Waals surface area (Å²) >= 11 is 0. The number of sulfonamides is 2. The SMILES string of the molecule is CCCS(=O)(=O)Nc1cccc(C(=O)Nc2ccc(NS(=O)(=O)c3ccc(C)cc3)cc2)c1. The average molecular weight is 488 g/mol. The Balaban J connectivity index is 1.67. The van der Waals surface area contributed by atoms with Gasteiger partial charge in [0, 0.05) is 22.6 Å². The first-order valence-corrected chi connectivity index (χ1v) is 13.3. The van der Waals surface area contributed by atoms with Crippen LogP contribution in [0.5, 0.6) is 0 Å². The first-order chi connectivity index (χ1) is 15.6. The summed E-state index contributed by atoms with van der Waals surface area (Å²) in [7, 11) is -7.19. The van der Waals surface area contributed by atoms with Crippen molar-refractivity contribution in [3.05, 3.63) is 83.9 Å². The third-order valence-corrected chi connectivity index (χ3v) is 7.49. The van der Waals surface area contributed by atoms with Gasteiger partial charge in [0.1, 0.15) is 0 Å². The van der Waals surface area contributed by atoms with Gasteiger partial charge in [-0.1, -0.05) is 30.7 Å². The standard InChI is InChI=1S/C23H25N3O5S2/c1-3-15-32(28,29)25-21-6-4-5-18(16-21)23(27)24-19-9-11-20(12-10-19)26-33(30,31)22-13-7-17(2)8-14-22/h4-14,16,25-26H,3,15H2,1-2H3,(H,24,27). The lowest BCUT2D eigenvalue weighted by atomic mass is 10.2. The molecule has 0 atom stereocenters. The van der Waals surface area contributed by atoms with E-state index < -0.39 is 26.0 Å². The van der Waals surface area contributed by atoms with Crippen molar-refractivity contribution in [2.75, 3.05) is 20.5 Å². The van der Waals surface area contributed by atoms with E-state index in [2.05, 4.69) is 14.8 Å². The summed E-state index contributed by atoms with van der Waals surface area (Å²) in [6.07, 6.45) is 0.479. The number of anilines is 3. The lowest BCUT2D eigenvalue weighted by molar-refractivity contribution is 0.102. The molecule has 0 saturated carbocycles. The van der Waals surface area contributed by atoms with E-state index in [1.807, 2.05) is 6.92 Å². The number of hydrogen-bond donors (Lipinski definition) is 3. The van der Waals surface area contributed by atoms with Gasteiger partial charge in [0.25, 0.3) is 15.9 Å². The molecule has 174 valence electrons. The fourth-order valence-electron chi connectivity index (χ4n) is 2.98. The van der Waals surface area contributed by atoms with Crippen LogP contribution < -0.4 is 14.8 Å². The first kappa shape index (κ1) is 24.3. The van der Waals surface area contributed by atoms with E-state index >= 15 is 0 Å². The van der Waals surface area contributed by atoms with Crippen molar-refractivity contribution in [2.24, 2.45) is 0 Å². The minimum Gasteiger partial charge on any atom is -0.322 e. The molecular formula is C23H25N3O5S2. The Morgan fingerprint density at radius 1 is 0.788 bits per heavy atom. The fraction of sp³-hybridized carbons (Fsp3) is 0.174. The molecule has 0 radical (unpaired) electrons. The molecule has 8 nitrogen and oxygen atoms in total. The van der Waals surface area contributed by atoms with Crippen molar-refractivity contribution in [2.45, 2.75) is 25.2 Å². The third-order valence-electron chi connectivity index (χ3n) is 4.60. The fourth-order valence-corrected chi connectivity index (χ4v) is 5.16. The van der Waals surface area contributed by atoms with Gasteiger partial charge in [-0.25, -0.2) is 16.8 Å². The Hall–Kier alpha value is -3.37. The third kappa shape index (κ3) is 6.80. The molecule has 0 fully saturated rings. The number of amides is 1. The summed E-state index contributed by atoms with van der Waals surface area (Å²) in [5, 5.41) is 2.71. The summed E-state index contributed by atoms with van der Waals surface area (Å²) in [5.74, 6) is -0.441. The molecular weight excluding hydrogens is 462 g/mol. The number of hydrogen-bond acceptors (Lipinski definition) is 5. The molecule has 0 aromatic heterocycles. The van der Waals surface area contributed by atoms with E-state index in [0.717, 1.165) is 5.56 Å². The van der Waals surface area contributed by atoms with E-state index in [0.29, 0.717) is 23.5 Å². The number of carbonyl (C=O) groups excluding carboxylic acids is 1. The smallest absolute Gasteiger partial charge is 0.261 e. The van der Waals surface area contributed by atoms with Crippen LogP contribution in [0.1, 0.15) is 29.3 Å². The predicted molar refractivity (Wildman–Crippen MR) is 131 cm³/mol. The number of carbonyl (C=O) groups is 1. The predicted octanol–water partition coefficient (Wildman–Crippen LogP) is 4.20. The maximum atomic E-state index is 12.6. The zero-order chi connectivity index (χ0) is 24.1. The molecule has 0 spiro atoms. The second-order valence-corrected chi connectivity index (χ2v) is 11.0. The maximum Gasteiger partial charge on any atom is 0.261 e. The molecule has 0 aliphatic rings. The summed E-state index contributed by atoms with van der Waals surface area (Å²) < 4.78 is 53.9. The van der Waals surface area contributed by atoms with Gasteiger partial charge < -0.3 is 5.32 Å². The van der Waals surface area contributed by atoms with Gasteiger partial charge in [0.15, 0.2) is 0 Å². The topological polar surface area (TPSA) is 121 Å². The molecule has 0 heterocycles.